The molecule has 0 aromatic heterocycles. The van der Waals surface area contributed by atoms with Crippen molar-refractivity contribution in [2.24, 2.45) is 17.8 Å². The first kappa shape index (κ1) is 6.41. The Hall–Kier alpha value is 0.290. The topological polar surface area (TPSA) is 0 Å². The van der Waals surface area contributed by atoms with E-state index in [0.717, 1.165) is 23.6 Å². The van der Waals surface area contributed by atoms with E-state index in [1.54, 1.807) is 0 Å². The summed E-state index contributed by atoms with van der Waals surface area (Å²) in [7, 11) is 0. The third-order valence-corrected chi connectivity index (χ3v) is 2.43. The Morgan fingerprint density at radius 2 is 2.25 bits per heavy atom. The highest BCUT2D eigenvalue weighted by atomic mass is 35.5. The van der Waals surface area contributed by atoms with Crippen molar-refractivity contribution in [2.45, 2.75) is 20.3 Å². The maximum Gasteiger partial charge on any atom is 0.0254 e. The van der Waals surface area contributed by atoms with Crippen LogP contribution >= 0.6 is 11.6 Å². The molecule has 0 nitrogen and oxygen atoms in total. The predicted molar refractivity (Wildman–Crippen MR) is 37.2 cm³/mol. The summed E-state index contributed by atoms with van der Waals surface area (Å²) >= 11 is 5.64. The molecule has 0 aromatic carbocycles. The fourth-order valence-electron chi connectivity index (χ4n) is 1.26. The Balaban J connectivity index is 2.16. The van der Waals surface area contributed by atoms with E-state index < -0.39 is 0 Å². The molecule has 0 radical (unpaired) electrons. The summed E-state index contributed by atoms with van der Waals surface area (Å²) in [5.41, 5.74) is 0. The zero-order valence-electron chi connectivity index (χ0n) is 5.52. The van der Waals surface area contributed by atoms with Crippen molar-refractivity contribution >= 4 is 11.6 Å². The van der Waals surface area contributed by atoms with Gasteiger partial charge in [0.15, 0.2) is 0 Å². The quantitative estimate of drug-likeness (QED) is 0.507. The zero-order valence-corrected chi connectivity index (χ0v) is 6.28. The summed E-state index contributed by atoms with van der Waals surface area (Å²) in [6, 6.07) is 0. The van der Waals surface area contributed by atoms with Crippen molar-refractivity contribution in [3.8, 4) is 0 Å². The Kier molecular flexibility index (Phi) is 1.81. The van der Waals surface area contributed by atoms with Crippen LogP contribution in [0.3, 0.4) is 0 Å². The smallest absolute Gasteiger partial charge is 0.0254 e. The average Bonchev–Trinajstić information content (AvgIpc) is 2.42. The molecule has 48 valence electrons. The third-order valence-electron chi connectivity index (χ3n) is 2.03. The first-order chi connectivity index (χ1) is 3.75. The molecule has 0 aromatic rings. The number of alkyl halides is 1. The molecule has 0 saturated heterocycles. The Morgan fingerprint density at radius 1 is 1.62 bits per heavy atom. The second-order valence-electron chi connectivity index (χ2n) is 3.06. The minimum Gasteiger partial charge on any atom is -0.126 e. The molecule has 1 heteroatoms. The average molecular weight is 133 g/mol. The highest BCUT2D eigenvalue weighted by Gasteiger charge is 2.37. The molecule has 1 aliphatic rings. The molecule has 0 N–H and O–H groups in total. The number of hydrogen-bond donors (Lipinski definition) is 0. The van der Waals surface area contributed by atoms with Gasteiger partial charge in [-0.25, -0.2) is 0 Å². The van der Waals surface area contributed by atoms with Crippen LogP contribution < -0.4 is 0 Å². The Morgan fingerprint density at radius 3 is 2.38 bits per heavy atom. The van der Waals surface area contributed by atoms with E-state index in [4.69, 9.17) is 11.6 Å². The lowest BCUT2D eigenvalue weighted by molar-refractivity contribution is 0.532. The van der Waals surface area contributed by atoms with Gasteiger partial charge in [0.25, 0.3) is 0 Å². The van der Waals surface area contributed by atoms with Crippen LogP contribution in [0, 0.1) is 17.8 Å². The third kappa shape index (κ3) is 1.17. The summed E-state index contributed by atoms with van der Waals surface area (Å²) < 4.78 is 0. The summed E-state index contributed by atoms with van der Waals surface area (Å²) in [4.78, 5) is 0. The zero-order chi connectivity index (χ0) is 6.15. The minimum absolute atomic E-state index is 0.858. The molecule has 1 aliphatic carbocycles. The van der Waals surface area contributed by atoms with Crippen LogP contribution in [0.4, 0.5) is 0 Å². The van der Waals surface area contributed by atoms with Crippen LogP contribution in [-0.2, 0) is 0 Å². The van der Waals surface area contributed by atoms with E-state index in [-0.39, 0.29) is 0 Å². The van der Waals surface area contributed by atoms with Gasteiger partial charge in [-0.05, 0) is 24.2 Å². The summed E-state index contributed by atoms with van der Waals surface area (Å²) in [5, 5.41) is 0. The van der Waals surface area contributed by atoms with E-state index in [0.29, 0.717) is 0 Å². The van der Waals surface area contributed by atoms with E-state index in [1.807, 2.05) is 0 Å². The molecule has 1 fully saturated rings. The summed E-state index contributed by atoms with van der Waals surface area (Å²) in [6.45, 7) is 4.55. The van der Waals surface area contributed by atoms with Gasteiger partial charge >= 0.3 is 0 Å². The standard InChI is InChI=1S/C7H13Cl/c1-5(2)7-3-6(7)4-8/h5-7H,3-4H2,1-2H3. The van der Waals surface area contributed by atoms with Gasteiger partial charge in [-0.15, -0.1) is 11.6 Å². The Bertz CT molecular complexity index is 78.5. The molecule has 2 atom stereocenters. The molecular formula is C7H13Cl. The normalized spacial score (nSPS) is 36.0. The van der Waals surface area contributed by atoms with Gasteiger partial charge < -0.3 is 0 Å². The highest BCUT2D eigenvalue weighted by molar-refractivity contribution is 6.18. The van der Waals surface area contributed by atoms with Crippen molar-refractivity contribution in [3.63, 3.8) is 0 Å². The van der Waals surface area contributed by atoms with E-state index in [1.165, 1.54) is 6.42 Å². The molecule has 0 aliphatic heterocycles. The maximum atomic E-state index is 5.64. The van der Waals surface area contributed by atoms with Gasteiger partial charge in [0.2, 0.25) is 0 Å². The van der Waals surface area contributed by atoms with Crippen LogP contribution in [0.15, 0.2) is 0 Å². The lowest BCUT2D eigenvalue weighted by Gasteiger charge is -1.98. The van der Waals surface area contributed by atoms with Crippen LogP contribution in [0.1, 0.15) is 20.3 Å². The van der Waals surface area contributed by atoms with Crippen molar-refractivity contribution in [1.29, 1.82) is 0 Å². The van der Waals surface area contributed by atoms with Gasteiger partial charge in [0.1, 0.15) is 0 Å². The fraction of sp³-hybridized carbons (Fsp3) is 1.00. The lowest BCUT2D eigenvalue weighted by atomic mass is 10.1. The second-order valence-corrected chi connectivity index (χ2v) is 3.37. The lowest BCUT2D eigenvalue weighted by Crippen LogP contribution is -1.92. The monoisotopic (exact) mass is 132 g/mol. The van der Waals surface area contributed by atoms with Gasteiger partial charge in [0.05, 0.1) is 0 Å². The molecule has 0 heterocycles. The fourth-order valence-corrected chi connectivity index (χ4v) is 1.62. The minimum atomic E-state index is 0.858. The van der Waals surface area contributed by atoms with Gasteiger partial charge in [-0.1, -0.05) is 13.8 Å². The van der Waals surface area contributed by atoms with Gasteiger partial charge in [-0.2, -0.15) is 0 Å². The second kappa shape index (κ2) is 2.26. The molecule has 0 bridgehead atoms. The molecule has 0 amide bonds. The maximum absolute atomic E-state index is 5.64. The molecule has 2 unspecified atom stereocenters. The molecule has 0 spiro atoms. The van der Waals surface area contributed by atoms with E-state index in [9.17, 15) is 0 Å². The first-order valence-electron chi connectivity index (χ1n) is 3.31. The number of halogens is 1. The van der Waals surface area contributed by atoms with E-state index in [2.05, 4.69) is 13.8 Å². The van der Waals surface area contributed by atoms with Gasteiger partial charge in [-0.3, -0.25) is 0 Å². The van der Waals surface area contributed by atoms with Gasteiger partial charge in [0, 0.05) is 5.88 Å². The van der Waals surface area contributed by atoms with Crippen LogP contribution in [-0.4, -0.2) is 5.88 Å². The van der Waals surface area contributed by atoms with Crippen LogP contribution in [0.2, 0.25) is 0 Å². The number of hydrogen-bond acceptors (Lipinski definition) is 0. The SMILES string of the molecule is CC(C)C1CC1CCl. The summed E-state index contributed by atoms with van der Waals surface area (Å²) in [6.07, 6.45) is 1.38. The van der Waals surface area contributed by atoms with E-state index >= 15 is 0 Å². The van der Waals surface area contributed by atoms with Crippen LogP contribution in [0.25, 0.3) is 0 Å². The largest absolute Gasteiger partial charge is 0.126 e. The summed E-state index contributed by atoms with van der Waals surface area (Å²) in [5.74, 6) is 3.55. The highest BCUT2D eigenvalue weighted by Crippen LogP contribution is 2.44. The molecule has 1 rings (SSSR count). The van der Waals surface area contributed by atoms with Crippen LogP contribution in [0.5, 0.6) is 0 Å². The van der Waals surface area contributed by atoms with Crippen molar-refractivity contribution in [2.75, 3.05) is 5.88 Å². The van der Waals surface area contributed by atoms with Crippen molar-refractivity contribution in [3.05, 3.63) is 0 Å². The molecule has 1 saturated carbocycles. The number of rotatable bonds is 2. The first-order valence-corrected chi connectivity index (χ1v) is 3.85. The predicted octanol–water partition coefficient (Wildman–Crippen LogP) is 2.52. The molecule has 8 heavy (non-hydrogen) atoms. The Labute approximate surface area is 56.2 Å². The van der Waals surface area contributed by atoms with Crippen molar-refractivity contribution < 1.29 is 0 Å². The molecular weight excluding hydrogens is 120 g/mol. The van der Waals surface area contributed by atoms with Crippen molar-refractivity contribution in [1.82, 2.24) is 0 Å².